The summed E-state index contributed by atoms with van der Waals surface area (Å²) in [5.74, 6) is 0.307. The first-order chi connectivity index (χ1) is 9.39. The normalized spacial score (nSPS) is 10.1. The Morgan fingerprint density at radius 1 is 0.955 bits per heavy atom. The molecule has 0 aliphatic heterocycles. The third kappa shape index (κ3) is 4.87. The van der Waals surface area contributed by atoms with Crippen LogP contribution in [0.1, 0.15) is 20.8 Å². The molecule has 2 rings (SSSR count). The van der Waals surface area contributed by atoms with Gasteiger partial charge in [0.05, 0.1) is 5.41 Å². The molecule has 0 aromatic heterocycles. The zero-order chi connectivity index (χ0) is 14.8. The maximum atomic E-state index is 12.0. The van der Waals surface area contributed by atoms with E-state index in [2.05, 4.69) is 0 Å². The first-order valence-corrected chi connectivity index (χ1v) is 6.49. The maximum Gasteiger partial charge on any atom is 0.316 e. The molecule has 0 bridgehead atoms. The van der Waals surface area contributed by atoms with Gasteiger partial charge >= 0.3 is 5.97 Å². The molecule has 0 unspecified atom stereocenters. The van der Waals surface area contributed by atoms with Crippen LogP contribution in [0.4, 0.5) is 0 Å². The number of para-hydroxylation sites is 2. The molecule has 0 amide bonds. The van der Waals surface area contributed by atoms with Crippen LogP contribution < -0.4 is 4.74 Å². The minimum atomic E-state index is -0.578. The van der Waals surface area contributed by atoms with Crippen LogP contribution in [0.25, 0.3) is 11.1 Å². The fourth-order valence-electron chi connectivity index (χ4n) is 1.73. The quantitative estimate of drug-likeness (QED) is 0.493. The smallest absolute Gasteiger partial charge is 0.316 e. The van der Waals surface area contributed by atoms with E-state index in [-0.39, 0.29) is 45.8 Å². The van der Waals surface area contributed by atoms with Crippen molar-refractivity contribution in [2.45, 2.75) is 20.8 Å². The van der Waals surface area contributed by atoms with Crippen molar-refractivity contribution >= 4 is 18.4 Å². The molecule has 2 aromatic rings. The Labute approximate surface area is 152 Å². The van der Waals surface area contributed by atoms with Crippen molar-refractivity contribution in [2.75, 3.05) is 0 Å². The van der Waals surface area contributed by atoms with Gasteiger partial charge < -0.3 is 9.84 Å². The Morgan fingerprint density at radius 2 is 1.45 bits per heavy atom. The van der Waals surface area contributed by atoms with Crippen LogP contribution in [0.2, 0.25) is 0 Å². The summed E-state index contributed by atoms with van der Waals surface area (Å²) < 4.78 is 5.47. The average Bonchev–Trinajstić information content (AvgIpc) is 2.39. The van der Waals surface area contributed by atoms with E-state index in [4.69, 9.17) is 4.74 Å². The van der Waals surface area contributed by atoms with E-state index in [1.807, 2.05) is 18.2 Å². The van der Waals surface area contributed by atoms with Crippen molar-refractivity contribution in [2.24, 2.45) is 5.41 Å². The molecule has 3 nitrogen and oxygen atoms in total. The van der Waals surface area contributed by atoms with Gasteiger partial charge in [-0.05, 0) is 32.9 Å². The molecule has 0 radical (unpaired) electrons. The maximum absolute atomic E-state index is 12.0. The monoisotopic (exact) mass is 354 g/mol. The van der Waals surface area contributed by atoms with Gasteiger partial charge in [-0.2, -0.15) is 0 Å². The predicted molar refractivity (Wildman–Crippen MR) is 85.9 cm³/mol. The molecule has 0 saturated carbocycles. The van der Waals surface area contributed by atoms with Crippen LogP contribution in [0, 0.1) is 5.41 Å². The number of hydrogen-bond acceptors (Lipinski definition) is 3. The molecule has 0 fully saturated rings. The molecule has 116 valence electrons. The molecule has 0 heterocycles. The van der Waals surface area contributed by atoms with E-state index in [1.165, 1.54) is 0 Å². The fourth-order valence-corrected chi connectivity index (χ4v) is 1.73. The van der Waals surface area contributed by atoms with E-state index < -0.39 is 5.41 Å². The van der Waals surface area contributed by atoms with Crippen molar-refractivity contribution in [3.05, 3.63) is 48.5 Å². The van der Waals surface area contributed by atoms with Crippen molar-refractivity contribution in [1.29, 1.82) is 0 Å². The number of phenols is 1. The second-order valence-electron chi connectivity index (χ2n) is 5.65. The number of phenolic OH excluding ortho intramolecular Hbond substituents is 1. The van der Waals surface area contributed by atoms with E-state index in [0.29, 0.717) is 16.9 Å². The molecule has 0 atom stereocenters. The standard InChI is InChI=1S/C17H18O3.ClH.Ti/c1-17(2,3)16(19)20-15-11-7-5-9-13(15)12-8-4-6-10-14(12)18;;/h4-11,18H,1-3H3;1H;. The van der Waals surface area contributed by atoms with Crippen molar-refractivity contribution in [3.63, 3.8) is 0 Å². The van der Waals surface area contributed by atoms with Gasteiger partial charge in [0.1, 0.15) is 11.5 Å². The summed E-state index contributed by atoms with van der Waals surface area (Å²) in [6.45, 7) is 5.41. The first-order valence-electron chi connectivity index (χ1n) is 6.49. The van der Waals surface area contributed by atoms with Gasteiger partial charge in [0.15, 0.2) is 0 Å². The summed E-state index contributed by atoms with van der Waals surface area (Å²) in [6.07, 6.45) is 0. The largest absolute Gasteiger partial charge is 0.507 e. The van der Waals surface area contributed by atoms with Crippen molar-refractivity contribution in [3.8, 4) is 22.6 Å². The van der Waals surface area contributed by atoms with Gasteiger partial charge in [0.2, 0.25) is 0 Å². The molecule has 2 aromatic carbocycles. The minimum Gasteiger partial charge on any atom is -0.507 e. The van der Waals surface area contributed by atoms with Gasteiger partial charge in [0, 0.05) is 32.8 Å². The minimum absolute atomic E-state index is 0. The molecule has 1 N–H and O–H groups in total. The third-order valence-corrected chi connectivity index (χ3v) is 2.90. The van der Waals surface area contributed by atoms with Crippen molar-refractivity contribution in [1.82, 2.24) is 0 Å². The summed E-state index contributed by atoms with van der Waals surface area (Å²) in [5.41, 5.74) is 0.763. The van der Waals surface area contributed by atoms with Gasteiger partial charge in [-0.3, -0.25) is 4.79 Å². The SMILES string of the molecule is CC(C)(C)C(=O)Oc1ccccc1-c1ccccc1O.Cl.[Ti]. The Morgan fingerprint density at radius 3 is 2.00 bits per heavy atom. The number of esters is 1. The average molecular weight is 355 g/mol. The number of halogens is 1. The summed E-state index contributed by atoms with van der Waals surface area (Å²) in [4.78, 5) is 12.0. The molecule has 22 heavy (non-hydrogen) atoms. The molecular weight excluding hydrogens is 336 g/mol. The van der Waals surface area contributed by atoms with Gasteiger partial charge in [-0.1, -0.05) is 36.4 Å². The van der Waals surface area contributed by atoms with Gasteiger partial charge in [-0.15, -0.1) is 12.4 Å². The fraction of sp³-hybridized carbons (Fsp3) is 0.235. The Balaban J connectivity index is 0.00000220. The van der Waals surface area contributed by atoms with Gasteiger partial charge in [-0.25, -0.2) is 0 Å². The van der Waals surface area contributed by atoms with Crippen LogP contribution in [0.3, 0.4) is 0 Å². The van der Waals surface area contributed by atoms with Gasteiger partial charge in [0.25, 0.3) is 0 Å². The Bertz CT molecular complexity index is 636. The van der Waals surface area contributed by atoms with E-state index in [1.54, 1.807) is 51.1 Å². The van der Waals surface area contributed by atoms with E-state index in [9.17, 15) is 9.90 Å². The number of aromatic hydroxyl groups is 1. The molecule has 0 aliphatic rings. The van der Waals surface area contributed by atoms with Crippen LogP contribution in [-0.4, -0.2) is 11.1 Å². The molecule has 0 spiro atoms. The van der Waals surface area contributed by atoms with Crippen molar-refractivity contribution < 1.29 is 36.4 Å². The predicted octanol–water partition coefficient (Wildman–Crippen LogP) is 4.43. The third-order valence-electron chi connectivity index (χ3n) is 2.90. The van der Waals surface area contributed by atoms with E-state index >= 15 is 0 Å². The molecular formula is C17H19ClO3Ti. The van der Waals surface area contributed by atoms with Crippen LogP contribution >= 0.6 is 12.4 Å². The van der Waals surface area contributed by atoms with E-state index in [0.717, 1.165) is 0 Å². The second-order valence-corrected chi connectivity index (χ2v) is 5.65. The number of ether oxygens (including phenoxy) is 1. The number of rotatable bonds is 2. The van der Waals surface area contributed by atoms with Crippen LogP contribution in [-0.2, 0) is 26.5 Å². The summed E-state index contributed by atoms with van der Waals surface area (Å²) in [5, 5.41) is 9.94. The topological polar surface area (TPSA) is 46.5 Å². The first kappa shape index (κ1) is 20.7. The molecule has 5 heteroatoms. The Kier molecular flexibility index (Phi) is 7.88. The van der Waals surface area contributed by atoms with Crippen LogP contribution in [0.5, 0.6) is 11.5 Å². The summed E-state index contributed by atoms with van der Waals surface area (Å²) in [6, 6.07) is 14.2. The molecule has 0 saturated heterocycles. The summed E-state index contributed by atoms with van der Waals surface area (Å²) >= 11 is 0. The number of carbonyl (C=O) groups is 1. The summed E-state index contributed by atoms with van der Waals surface area (Å²) in [7, 11) is 0. The number of carbonyl (C=O) groups excluding carboxylic acids is 1. The zero-order valence-corrected chi connectivity index (χ0v) is 15.2. The number of hydrogen-bond donors (Lipinski definition) is 1. The number of benzene rings is 2. The van der Waals surface area contributed by atoms with Crippen LogP contribution in [0.15, 0.2) is 48.5 Å². The Hall–Kier alpha value is -1.29. The zero-order valence-electron chi connectivity index (χ0n) is 12.8. The molecule has 0 aliphatic carbocycles. The second kappa shape index (κ2) is 8.37.